The number of hydrogen-bond acceptors (Lipinski definition) is 0. The molecule has 0 aromatic carbocycles. The SMILES string of the molecule is C(C#CC1CCCC1)#CC1CCCC1. The molecular formula is C14H18. The Morgan fingerprint density at radius 1 is 0.571 bits per heavy atom. The van der Waals surface area contributed by atoms with Gasteiger partial charge in [-0.15, -0.1) is 0 Å². The van der Waals surface area contributed by atoms with E-state index < -0.39 is 0 Å². The standard InChI is InChI=1S/C14H18/c1-2-8-13(7-1)11-5-6-12-14-9-3-4-10-14/h13-14H,1-4,7-10H2. The van der Waals surface area contributed by atoms with Crippen molar-refractivity contribution in [3.8, 4) is 23.7 Å². The Kier molecular flexibility index (Phi) is 3.53. The van der Waals surface area contributed by atoms with Crippen molar-refractivity contribution in [1.82, 2.24) is 0 Å². The lowest BCUT2D eigenvalue weighted by molar-refractivity contribution is 0.710. The zero-order valence-corrected chi connectivity index (χ0v) is 8.81. The Morgan fingerprint density at radius 3 is 1.29 bits per heavy atom. The van der Waals surface area contributed by atoms with Crippen LogP contribution in [0.4, 0.5) is 0 Å². The van der Waals surface area contributed by atoms with E-state index in [1.807, 2.05) is 0 Å². The van der Waals surface area contributed by atoms with Crippen LogP contribution >= 0.6 is 0 Å². The summed E-state index contributed by atoms with van der Waals surface area (Å²) in [6, 6.07) is 0. The predicted octanol–water partition coefficient (Wildman–Crippen LogP) is 3.37. The van der Waals surface area contributed by atoms with Gasteiger partial charge in [0.2, 0.25) is 0 Å². The van der Waals surface area contributed by atoms with Crippen LogP contribution in [-0.4, -0.2) is 0 Å². The first-order valence-corrected chi connectivity index (χ1v) is 5.96. The van der Waals surface area contributed by atoms with Crippen molar-refractivity contribution in [2.75, 3.05) is 0 Å². The summed E-state index contributed by atoms with van der Waals surface area (Å²) in [6.07, 6.45) is 10.7. The Balaban J connectivity index is 1.78. The largest absolute Gasteiger partial charge is 0.0857 e. The van der Waals surface area contributed by atoms with Gasteiger partial charge in [0, 0.05) is 11.8 Å². The molecule has 0 nitrogen and oxygen atoms in total. The molecule has 74 valence electrons. The van der Waals surface area contributed by atoms with E-state index in [-0.39, 0.29) is 0 Å². The zero-order chi connectivity index (χ0) is 9.64. The molecule has 0 aromatic rings. The molecule has 2 saturated carbocycles. The van der Waals surface area contributed by atoms with E-state index in [9.17, 15) is 0 Å². The van der Waals surface area contributed by atoms with Gasteiger partial charge in [-0.3, -0.25) is 0 Å². The first-order valence-electron chi connectivity index (χ1n) is 5.96. The lowest BCUT2D eigenvalue weighted by Gasteiger charge is -1.94. The summed E-state index contributed by atoms with van der Waals surface area (Å²) in [6.45, 7) is 0. The maximum Gasteiger partial charge on any atom is 0.0213 e. The molecule has 2 fully saturated rings. The predicted molar refractivity (Wildman–Crippen MR) is 59.5 cm³/mol. The van der Waals surface area contributed by atoms with E-state index in [1.54, 1.807) is 0 Å². The molecule has 0 aromatic heterocycles. The van der Waals surface area contributed by atoms with Gasteiger partial charge in [-0.2, -0.15) is 0 Å². The van der Waals surface area contributed by atoms with Crippen molar-refractivity contribution in [2.45, 2.75) is 51.4 Å². The maximum absolute atomic E-state index is 3.28. The van der Waals surface area contributed by atoms with Crippen molar-refractivity contribution in [3.63, 3.8) is 0 Å². The van der Waals surface area contributed by atoms with Gasteiger partial charge in [0.05, 0.1) is 0 Å². The highest BCUT2D eigenvalue weighted by molar-refractivity contribution is 5.28. The average Bonchev–Trinajstić information content (AvgIpc) is 2.86. The normalized spacial score (nSPS) is 22.6. The van der Waals surface area contributed by atoms with Gasteiger partial charge >= 0.3 is 0 Å². The van der Waals surface area contributed by atoms with Crippen LogP contribution in [0.15, 0.2) is 0 Å². The third-order valence-corrected chi connectivity index (χ3v) is 3.33. The van der Waals surface area contributed by atoms with Gasteiger partial charge in [0.15, 0.2) is 0 Å². The van der Waals surface area contributed by atoms with Gasteiger partial charge in [-0.1, -0.05) is 37.5 Å². The van der Waals surface area contributed by atoms with Crippen LogP contribution < -0.4 is 0 Å². The van der Waals surface area contributed by atoms with Crippen molar-refractivity contribution in [2.24, 2.45) is 11.8 Å². The van der Waals surface area contributed by atoms with Crippen molar-refractivity contribution < 1.29 is 0 Å². The van der Waals surface area contributed by atoms with Crippen LogP contribution in [0, 0.1) is 35.5 Å². The molecular weight excluding hydrogens is 168 g/mol. The fourth-order valence-corrected chi connectivity index (χ4v) is 2.42. The summed E-state index contributed by atoms with van der Waals surface area (Å²) in [4.78, 5) is 0. The molecule has 0 heterocycles. The van der Waals surface area contributed by atoms with Crippen molar-refractivity contribution >= 4 is 0 Å². The Hall–Kier alpha value is -0.880. The highest BCUT2D eigenvalue weighted by atomic mass is 14.2. The Bertz CT molecular complexity index is 247. The molecule has 2 aliphatic rings. The summed E-state index contributed by atoms with van der Waals surface area (Å²) >= 11 is 0. The van der Waals surface area contributed by atoms with Gasteiger partial charge < -0.3 is 0 Å². The van der Waals surface area contributed by atoms with Crippen molar-refractivity contribution in [1.29, 1.82) is 0 Å². The van der Waals surface area contributed by atoms with Crippen LogP contribution in [0.5, 0.6) is 0 Å². The minimum atomic E-state index is 0.660. The summed E-state index contributed by atoms with van der Waals surface area (Å²) < 4.78 is 0. The third kappa shape index (κ3) is 2.81. The van der Waals surface area contributed by atoms with Gasteiger partial charge in [0.25, 0.3) is 0 Å². The van der Waals surface area contributed by atoms with Gasteiger partial charge in [-0.25, -0.2) is 0 Å². The average molecular weight is 186 g/mol. The van der Waals surface area contributed by atoms with Crippen molar-refractivity contribution in [3.05, 3.63) is 0 Å². The van der Waals surface area contributed by atoms with E-state index in [1.165, 1.54) is 51.4 Å². The first kappa shape index (κ1) is 9.67. The van der Waals surface area contributed by atoms with Crippen LogP contribution in [0.2, 0.25) is 0 Å². The summed E-state index contributed by atoms with van der Waals surface area (Å²) in [7, 11) is 0. The monoisotopic (exact) mass is 186 g/mol. The smallest absolute Gasteiger partial charge is 0.0213 e. The summed E-state index contributed by atoms with van der Waals surface area (Å²) in [5, 5.41) is 0. The highest BCUT2D eigenvalue weighted by Gasteiger charge is 2.12. The van der Waals surface area contributed by atoms with E-state index in [2.05, 4.69) is 23.7 Å². The van der Waals surface area contributed by atoms with Crippen LogP contribution in [0.25, 0.3) is 0 Å². The second-order valence-electron chi connectivity index (χ2n) is 4.50. The molecule has 0 saturated heterocycles. The second kappa shape index (κ2) is 5.11. The lowest BCUT2D eigenvalue weighted by atomic mass is 10.1. The molecule has 0 bridgehead atoms. The number of rotatable bonds is 0. The van der Waals surface area contributed by atoms with Crippen LogP contribution in [-0.2, 0) is 0 Å². The van der Waals surface area contributed by atoms with Crippen LogP contribution in [0.1, 0.15) is 51.4 Å². The Morgan fingerprint density at radius 2 is 0.929 bits per heavy atom. The van der Waals surface area contributed by atoms with Gasteiger partial charge in [0.1, 0.15) is 0 Å². The van der Waals surface area contributed by atoms with Crippen LogP contribution in [0.3, 0.4) is 0 Å². The second-order valence-corrected chi connectivity index (χ2v) is 4.50. The molecule has 0 heteroatoms. The molecule has 0 aliphatic heterocycles. The molecule has 0 radical (unpaired) electrons. The van der Waals surface area contributed by atoms with E-state index in [0.29, 0.717) is 11.8 Å². The molecule has 0 atom stereocenters. The molecule has 0 amide bonds. The number of hydrogen-bond donors (Lipinski definition) is 0. The molecule has 0 N–H and O–H groups in total. The quantitative estimate of drug-likeness (QED) is 0.509. The van der Waals surface area contributed by atoms with Gasteiger partial charge in [-0.05, 0) is 37.5 Å². The summed E-state index contributed by atoms with van der Waals surface area (Å²) in [5.41, 5.74) is 0. The Labute approximate surface area is 87.5 Å². The molecule has 0 spiro atoms. The third-order valence-electron chi connectivity index (χ3n) is 3.33. The molecule has 2 aliphatic carbocycles. The van der Waals surface area contributed by atoms with E-state index in [0.717, 1.165) is 0 Å². The minimum Gasteiger partial charge on any atom is -0.0857 e. The molecule has 2 rings (SSSR count). The van der Waals surface area contributed by atoms with E-state index >= 15 is 0 Å². The summed E-state index contributed by atoms with van der Waals surface area (Å²) in [5.74, 6) is 14.0. The zero-order valence-electron chi connectivity index (χ0n) is 8.81. The molecule has 14 heavy (non-hydrogen) atoms. The maximum atomic E-state index is 3.28. The fourth-order valence-electron chi connectivity index (χ4n) is 2.42. The minimum absolute atomic E-state index is 0.660. The first-order chi connectivity index (χ1) is 6.95. The van der Waals surface area contributed by atoms with E-state index in [4.69, 9.17) is 0 Å². The highest BCUT2D eigenvalue weighted by Crippen LogP contribution is 2.24. The molecule has 0 unspecified atom stereocenters. The topological polar surface area (TPSA) is 0 Å². The lowest BCUT2D eigenvalue weighted by Crippen LogP contribution is -1.86. The fraction of sp³-hybridized carbons (Fsp3) is 0.714.